The molecule has 1 aromatic carbocycles. The van der Waals surface area contributed by atoms with Crippen LogP contribution in [-0.2, 0) is 9.53 Å². The fourth-order valence-corrected chi connectivity index (χ4v) is 2.73. The third-order valence-electron chi connectivity index (χ3n) is 4.14. The zero-order valence-electron chi connectivity index (χ0n) is 14.1. The summed E-state index contributed by atoms with van der Waals surface area (Å²) in [5, 5.41) is 3.08. The molecule has 3 rings (SSSR count). The van der Waals surface area contributed by atoms with Gasteiger partial charge >= 0.3 is 0 Å². The highest BCUT2D eigenvalue weighted by Gasteiger charge is 2.28. The zero-order valence-corrected chi connectivity index (χ0v) is 14.1. The average Bonchev–Trinajstić information content (AvgIpc) is 2.60. The van der Waals surface area contributed by atoms with Gasteiger partial charge in [-0.2, -0.15) is 0 Å². The molecule has 8 heteroatoms. The number of fused-ring (bicyclic) bond motifs is 1. The molecule has 1 amide bonds. The van der Waals surface area contributed by atoms with E-state index in [1.54, 1.807) is 4.90 Å². The Balaban J connectivity index is 1.83. The number of amides is 1. The van der Waals surface area contributed by atoms with Crippen molar-refractivity contribution >= 4 is 22.8 Å². The van der Waals surface area contributed by atoms with Gasteiger partial charge in [0.2, 0.25) is 5.91 Å². The van der Waals surface area contributed by atoms with Gasteiger partial charge in [0.1, 0.15) is 11.9 Å². The van der Waals surface area contributed by atoms with Crippen molar-refractivity contribution in [2.45, 2.75) is 19.9 Å². The number of halogens is 2. The molecule has 6 nitrogen and oxygen atoms in total. The number of morpholine rings is 1. The maximum absolute atomic E-state index is 13.4. The van der Waals surface area contributed by atoms with Crippen LogP contribution < -0.4 is 5.32 Å². The third kappa shape index (κ3) is 3.84. The molecule has 1 aromatic heterocycles. The van der Waals surface area contributed by atoms with E-state index in [0.717, 1.165) is 12.1 Å². The molecule has 1 saturated heterocycles. The fourth-order valence-electron chi connectivity index (χ4n) is 2.73. The van der Waals surface area contributed by atoms with Gasteiger partial charge in [0, 0.05) is 25.2 Å². The van der Waals surface area contributed by atoms with Crippen molar-refractivity contribution in [2.75, 3.05) is 31.6 Å². The van der Waals surface area contributed by atoms with E-state index in [0.29, 0.717) is 32.1 Å². The van der Waals surface area contributed by atoms with Crippen molar-refractivity contribution in [1.29, 1.82) is 0 Å². The Bertz CT molecular complexity index is 779. The van der Waals surface area contributed by atoms with E-state index in [4.69, 9.17) is 4.74 Å². The minimum Gasteiger partial charge on any atom is -0.378 e. The van der Waals surface area contributed by atoms with Crippen LogP contribution in [0.4, 0.5) is 14.6 Å². The molecule has 0 aliphatic carbocycles. The number of carbonyl (C=O) groups is 1. The van der Waals surface area contributed by atoms with Crippen LogP contribution in [0.2, 0.25) is 0 Å². The van der Waals surface area contributed by atoms with Crippen LogP contribution in [0.15, 0.2) is 18.3 Å². The van der Waals surface area contributed by atoms with Gasteiger partial charge in [-0.25, -0.2) is 13.8 Å². The Morgan fingerprint density at radius 1 is 1.20 bits per heavy atom. The summed E-state index contributed by atoms with van der Waals surface area (Å²) < 4.78 is 31.9. The lowest BCUT2D eigenvalue weighted by atomic mass is 10.0. The lowest BCUT2D eigenvalue weighted by Crippen LogP contribution is -2.49. The predicted molar refractivity (Wildman–Crippen MR) is 89.1 cm³/mol. The summed E-state index contributed by atoms with van der Waals surface area (Å²) in [6.07, 6.45) is 1.42. The summed E-state index contributed by atoms with van der Waals surface area (Å²) in [4.78, 5) is 22.9. The number of nitrogens with zero attached hydrogens (tertiary/aromatic N) is 3. The van der Waals surface area contributed by atoms with Crippen molar-refractivity contribution in [3.05, 3.63) is 30.0 Å². The van der Waals surface area contributed by atoms with Gasteiger partial charge in [0.15, 0.2) is 11.6 Å². The van der Waals surface area contributed by atoms with Crippen LogP contribution in [0.3, 0.4) is 0 Å². The number of carbonyl (C=O) groups excluding carboxylic acids is 1. The van der Waals surface area contributed by atoms with Crippen LogP contribution in [0.25, 0.3) is 11.0 Å². The number of benzene rings is 1. The monoisotopic (exact) mass is 350 g/mol. The quantitative estimate of drug-likeness (QED) is 0.916. The van der Waals surface area contributed by atoms with E-state index >= 15 is 0 Å². The second-order valence-electron chi connectivity index (χ2n) is 6.31. The first-order chi connectivity index (χ1) is 12.0. The highest BCUT2D eigenvalue weighted by Crippen LogP contribution is 2.19. The van der Waals surface area contributed by atoms with Crippen molar-refractivity contribution in [1.82, 2.24) is 14.9 Å². The summed E-state index contributed by atoms with van der Waals surface area (Å²) >= 11 is 0. The standard InChI is InChI=1S/C17H20F2N4O2/c1-10(2)16(17(24)23-3-5-25-6-4-23)22-15-9-20-13-7-11(18)12(19)8-14(13)21-15/h7-10,16H,3-6H2,1-2H3,(H,21,22). The number of anilines is 1. The van der Waals surface area contributed by atoms with E-state index in [-0.39, 0.29) is 22.9 Å². The zero-order chi connectivity index (χ0) is 18.0. The minimum absolute atomic E-state index is 0.0118. The maximum atomic E-state index is 13.4. The maximum Gasteiger partial charge on any atom is 0.245 e. The molecule has 0 bridgehead atoms. The Hall–Kier alpha value is -2.35. The van der Waals surface area contributed by atoms with Crippen molar-refractivity contribution in [3.8, 4) is 0 Å². The number of hydrogen-bond donors (Lipinski definition) is 1. The highest BCUT2D eigenvalue weighted by atomic mass is 19.2. The molecular weight excluding hydrogens is 330 g/mol. The Labute approximate surface area is 144 Å². The molecule has 0 spiro atoms. The fraction of sp³-hybridized carbons (Fsp3) is 0.471. The Morgan fingerprint density at radius 2 is 1.84 bits per heavy atom. The topological polar surface area (TPSA) is 67.4 Å². The summed E-state index contributed by atoms with van der Waals surface area (Å²) in [6, 6.07) is 1.51. The minimum atomic E-state index is -0.983. The molecular formula is C17H20F2N4O2. The van der Waals surface area contributed by atoms with E-state index in [1.165, 1.54) is 6.20 Å². The first-order valence-corrected chi connectivity index (χ1v) is 8.20. The molecule has 25 heavy (non-hydrogen) atoms. The van der Waals surface area contributed by atoms with Gasteiger partial charge < -0.3 is 15.0 Å². The van der Waals surface area contributed by atoms with Crippen molar-refractivity contribution < 1.29 is 18.3 Å². The lowest BCUT2D eigenvalue weighted by Gasteiger charge is -2.32. The number of nitrogens with one attached hydrogen (secondary N) is 1. The molecule has 2 heterocycles. The molecule has 1 fully saturated rings. The summed E-state index contributed by atoms with van der Waals surface area (Å²) in [6.45, 7) is 6.02. The Kier molecular flexibility index (Phi) is 5.08. The van der Waals surface area contributed by atoms with Gasteiger partial charge in [-0.1, -0.05) is 13.8 Å². The normalized spacial score (nSPS) is 16.3. The second-order valence-corrected chi connectivity index (χ2v) is 6.31. The number of ether oxygens (including phenoxy) is 1. The SMILES string of the molecule is CC(C)C(Nc1cnc2cc(F)c(F)cc2n1)C(=O)N1CCOCC1. The average molecular weight is 350 g/mol. The van der Waals surface area contributed by atoms with E-state index in [2.05, 4.69) is 15.3 Å². The smallest absolute Gasteiger partial charge is 0.245 e. The van der Waals surface area contributed by atoms with Gasteiger partial charge in [-0.05, 0) is 5.92 Å². The molecule has 1 unspecified atom stereocenters. The largest absolute Gasteiger partial charge is 0.378 e. The van der Waals surface area contributed by atoms with Crippen LogP contribution in [0.1, 0.15) is 13.8 Å². The van der Waals surface area contributed by atoms with Gasteiger partial charge in [-0.15, -0.1) is 0 Å². The van der Waals surface area contributed by atoms with Crippen LogP contribution in [-0.4, -0.2) is 53.1 Å². The molecule has 0 saturated carbocycles. The number of rotatable bonds is 4. The first kappa shape index (κ1) is 17.5. The summed E-state index contributed by atoms with van der Waals surface area (Å²) in [7, 11) is 0. The molecule has 134 valence electrons. The van der Waals surface area contributed by atoms with Gasteiger partial charge in [-0.3, -0.25) is 9.78 Å². The summed E-state index contributed by atoms with van der Waals surface area (Å²) in [5.74, 6) is -1.63. The van der Waals surface area contributed by atoms with Gasteiger partial charge in [0.05, 0.1) is 30.4 Å². The van der Waals surface area contributed by atoms with Crippen molar-refractivity contribution in [3.63, 3.8) is 0 Å². The van der Waals surface area contributed by atoms with E-state index < -0.39 is 17.7 Å². The lowest BCUT2D eigenvalue weighted by molar-refractivity contribution is -0.137. The van der Waals surface area contributed by atoms with E-state index in [9.17, 15) is 13.6 Å². The van der Waals surface area contributed by atoms with E-state index in [1.807, 2.05) is 13.8 Å². The number of aromatic nitrogens is 2. The Morgan fingerprint density at radius 3 is 2.48 bits per heavy atom. The van der Waals surface area contributed by atoms with Gasteiger partial charge in [0.25, 0.3) is 0 Å². The first-order valence-electron chi connectivity index (χ1n) is 8.20. The predicted octanol–water partition coefficient (Wildman–Crippen LogP) is 2.20. The molecule has 0 radical (unpaired) electrons. The molecule has 2 aromatic rings. The van der Waals surface area contributed by atoms with Crippen LogP contribution in [0.5, 0.6) is 0 Å². The summed E-state index contributed by atoms with van der Waals surface area (Å²) in [5.41, 5.74) is 0.482. The third-order valence-corrected chi connectivity index (χ3v) is 4.14. The van der Waals surface area contributed by atoms with Crippen LogP contribution >= 0.6 is 0 Å². The molecule has 1 atom stereocenters. The van der Waals surface area contributed by atoms with Crippen molar-refractivity contribution in [2.24, 2.45) is 5.92 Å². The molecule has 1 aliphatic heterocycles. The molecule has 1 aliphatic rings. The van der Waals surface area contributed by atoms with Crippen LogP contribution in [0, 0.1) is 17.6 Å². The molecule has 1 N–H and O–H groups in total. The second kappa shape index (κ2) is 7.26. The highest BCUT2D eigenvalue weighted by molar-refractivity contribution is 5.85. The number of hydrogen-bond acceptors (Lipinski definition) is 5.